The van der Waals surface area contributed by atoms with Crippen molar-refractivity contribution in [2.24, 2.45) is 0 Å². The van der Waals surface area contributed by atoms with Crippen LogP contribution in [0.25, 0.3) is 0 Å². The third kappa shape index (κ3) is 3.64. The minimum Gasteiger partial charge on any atom is -0.465 e. The summed E-state index contributed by atoms with van der Waals surface area (Å²) < 4.78 is 4.91. The summed E-state index contributed by atoms with van der Waals surface area (Å²) in [4.78, 5) is 13.4. The average molecular weight is 200 g/mol. The third-order valence-electron chi connectivity index (χ3n) is 2.29. The van der Waals surface area contributed by atoms with E-state index in [1.165, 1.54) is 0 Å². The molecule has 0 aromatic heterocycles. The molecule has 4 nitrogen and oxygen atoms in total. The molecule has 1 aliphatic rings. The van der Waals surface area contributed by atoms with Crippen molar-refractivity contribution in [1.82, 2.24) is 10.2 Å². The van der Waals surface area contributed by atoms with Crippen LogP contribution in [-0.2, 0) is 9.53 Å². The minimum atomic E-state index is -0.117. The van der Waals surface area contributed by atoms with Crippen molar-refractivity contribution in [3.8, 4) is 0 Å². The van der Waals surface area contributed by atoms with E-state index in [1.807, 2.05) is 6.92 Å². The molecule has 0 aromatic rings. The van der Waals surface area contributed by atoms with Crippen LogP contribution in [0.5, 0.6) is 0 Å². The number of hydrogen-bond donors (Lipinski definition) is 1. The molecule has 1 fully saturated rings. The van der Waals surface area contributed by atoms with E-state index in [-0.39, 0.29) is 5.97 Å². The number of hydrogen-bond acceptors (Lipinski definition) is 4. The van der Waals surface area contributed by atoms with Crippen molar-refractivity contribution >= 4 is 5.97 Å². The molecule has 1 aliphatic heterocycles. The first kappa shape index (κ1) is 11.5. The van der Waals surface area contributed by atoms with E-state index in [4.69, 9.17) is 4.74 Å². The van der Waals surface area contributed by atoms with Gasteiger partial charge in [-0.05, 0) is 20.8 Å². The number of piperazine rings is 1. The van der Waals surface area contributed by atoms with E-state index < -0.39 is 0 Å². The first-order chi connectivity index (χ1) is 6.61. The smallest absolute Gasteiger partial charge is 0.320 e. The number of carbonyl (C=O) groups is 1. The normalized spacial score (nSPS) is 28.8. The highest BCUT2D eigenvalue weighted by Crippen LogP contribution is 2.03. The van der Waals surface area contributed by atoms with Gasteiger partial charge in [-0.3, -0.25) is 9.69 Å². The summed E-state index contributed by atoms with van der Waals surface area (Å²) in [5.74, 6) is -0.117. The summed E-state index contributed by atoms with van der Waals surface area (Å²) >= 11 is 0. The fraction of sp³-hybridized carbons (Fsp3) is 0.900. The SMILES string of the molecule is CCOC(=O)CN1C[C@@H](C)N[C@@H](C)C1. The molecule has 82 valence electrons. The summed E-state index contributed by atoms with van der Waals surface area (Å²) in [6.45, 7) is 8.83. The van der Waals surface area contributed by atoms with Gasteiger partial charge in [0.15, 0.2) is 0 Å². The van der Waals surface area contributed by atoms with E-state index in [1.54, 1.807) is 0 Å². The van der Waals surface area contributed by atoms with Gasteiger partial charge in [0, 0.05) is 25.2 Å². The molecule has 0 bridgehead atoms. The fourth-order valence-electron chi connectivity index (χ4n) is 1.96. The molecule has 1 saturated heterocycles. The van der Waals surface area contributed by atoms with Crippen molar-refractivity contribution in [3.63, 3.8) is 0 Å². The minimum absolute atomic E-state index is 0.117. The molecule has 14 heavy (non-hydrogen) atoms. The van der Waals surface area contributed by atoms with E-state index in [0.717, 1.165) is 13.1 Å². The number of ether oxygens (including phenoxy) is 1. The lowest BCUT2D eigenvalue weighted by molar-refractivity contribution is -0.144. The highest BCUT2D eigenvalue weighted by Gasteiger charge is 2.22. The maximum atomic E-state index is 11.2. The number of nitrogens with zero attached hydrogens (tertiary/aromatic N) is 1. The summed E-state index contributed by atoms with van der Waals surface area (Å²) in [6.07, 6.45) is 0. The van der Waals surface area contributed by atoms with Crippen LogP contribution in [0.4, 0.5) is 0 Å². The lowest BCUT2D eigenvalue weighted by Gasteiger charge is -2.35. The molecule has 0 aromatic carbocycles. The summed E-state index contributed by atoms with van der Waals surface area (Å²) in [5.41, 5.74) is 0. The third-order valence-corrected chi connectivity index (χ3v) is 2.29. The molecule has 0 radical (unpaired) electrons. The predicted octanol–water partition coefficient (Wildman–Crippen LogP) is 0.232. The number of carbonyl (C=O) groups excluding carboxylic acids is 1. The fourth-order valence-corrected chi connectivity index (χ4v) is 1.96. The van der Waals surface area contributed by atoms with Gasteiger partial charge >= 0.3 is 5.97 Å². The van der Waals surface area contributed by atoms with E-state index >= 15 is 0 Å². The van der Waals surface area contributed by atoms with E-state index in [0.29, 0.717) is 25.2 Å². The van der Waals surface area contributed by atoms with Crippen molar-refractivity contribution in [2.45, 2.75) is 32.9 Å². The highest BCUT2D eigenvalue weighted by atomic mass is 16.5. The molecular weight excluding hydrogens is 180 g/mol. The first-order valence-electron chi connectivity index (χ1n) is 5.25. The average Bonchev–Trinajstić information content (AvgIpc) is 2.01. The molecule has 1 N–H and O–H groups in total. The maximum absolute atomic E-state index is 11.2. The highest BCUT2D eigenvalue weighted by molar-refractivity contribution is 5.71. The summed E-state index contributed by atoms with van der Waals surface area (Å²) in [5, 5.41) is 3.42. The standard InChI is InChI=1S/C10H20N2O2/c1-4-14-10(13)7-12-5-8(2)11-9(3)6-12/h8-9,11H,4-7H2,1-3H3/t8-,9+. The van der Waals surface area contributed by atoms with Crippen molar-refractivity contribution < 1.29 is 9.53 Å². The Morgan fingerprint density at radius 3 is 2.50 bits per heavy atom. The quantitative estimate of drug-likeness (QED) is 0.662. The Balaban J connectivity index is 2.33. The molecule has 0 spiro atoms. The van der Waals surface area contributed by atoms with Crippen molar-refractivity contribution in [1.29, 1.82) is 0 Å². The van der Waals surface area contributed by atoms with Crippen molar-refractivity contribution in [2.75, 3.05) is 26.2 Å². The zero-order chi connectivity index (χ0) is 10.6. The van der Waals surface area contributed by atoms with E-state index in [9.17, 15) is 4.79 Å². The van der Waals surface area contributed by atoms with Gasteiger partial charge in [-0.2, -0.15) is 0 Å². The molecule has 0 unspecified atom stereocenters. The number of rotatable bonds is 3. The Bertz CT molecular complexity index is 187. The second-order valence-corrected chi connectivity index (χ2v) is 3.97. The Kier molecular flexibility index (Phi) is 4.35. The molecule has 0 amide bonds. The molecule has 0 aliphatic carbocycles. The van der Waals surface area contributed by atoms with Crippen molar-refractivity contribution in [3.05, 3.63) is 0 Å². The Morgan fingerprint density at radius 2 is 2.00 bits per heavy atom. The van der Waals surface area contributed by atoms with Gasteiger partial charge in [0.05, 0.1) is 13.2 Å². The second kappa shape index (κ2) is 5.32. The summed E-state index contributed by atoms with van der Waals surface area (Å²) in [6, 6.07) is 0.904. The van der Waals surface area contributed by atoms with Gasteiger partial charge in [-0.15, -0.1) is 0 Å². The zero-order valence-electron chi connectivity index (χ0n) is 9.25. The van der Waals surface area contributed by atoms with Crippen LogP contribution >= 0.6 is 0 Å². The Labute approximate surface area is 85.6 Å². The number of nitrogens with one attached hydrogen (secondary N) is 1. The molecule has 2 atom stereocenters. The molecule has 0 saturated carbocycles. The van der Waals surface area contributed by atoms with Crippen LogP contribution in [0.2, 0.25) is 0 Å². The van der Waals surface area contributed by atoms with Gasteiger partial charge in [0.1, 0.15) is 0 Å². The Hall–Kier alpha value is -0.610. The molecular formula is C10H20N2O2. The number of esters is 1. The van der Waals surface area contributed by atoms with Crippen LogP contribution in [0.1, 0.15) is 20.8 Å². The lowest BCUT2D eigenvalue weighted by atomic mass is 10.1. The predicted molar refractivity (Wildman–Crippen MR) is 55.1 cm³/mol. The first-order valence-corrected chi connectivity index (χ1v) is 5.25. The zero-order valence-corrected chi connectivity index (χ0v) is 9.25. The Morgan fingerprint density at radius 1 is 1.43 bits per heavy atom. The molecule has 4 heteroatoms. The maximum Gasteiger partial charge on any atom is 0.320 e. The van der Waals surface area contributed by atoms with Gasteiger partial charge < -0.3 is 10.1 Å². The topological polar surface area (TPSA) is 41.6 Å². The largest absolute Gasteiger partial charge is 0.465 e. The van der Waals surface area contributed by atoms with Crippen LogP contribution in [0.3, 0.4) is 0 Å². The lowest BCUT2D eigenvalue weighted by Crippen LogP contribution is -2.55. The van der Waals surface area contributed by atoms with Crippen LogP contribution in [0, 0.1) is 0 Å². The molecule has 1 rings (SSSR count). The van der Waals surface area contributed by atoms with Gasteiger partial charge in [0.2, 0.25) is 0 Å². The monoisotopic (exact) mass is 200 g/mol. The van der Waals surface area contributed by atoms with Gasteiger partial charge in [-0.25, -0.2) is 0 Å². The molecule has 1 heterocycles. The van der Waals surface area contributed by atoms with Gasteiger partial charge in [-0.1, -0.05) is 0 Å². The second-order valence-electron chi connectivity index (χ2n) is 3.97. The van der Waals surface area contributed by atoms with E-state index in [2.05, 4.69) is 24.1 Å². The van der Waals surface area contributed by atoms with Crippen LogP contribution in [0.15, 0.2) is 0 Å². The van der Waals surface area contributed by atoms with Crippen LogP contribution in [-0.4, -0.2) is 49.2 Å². The van der Waals surface area contributed by atoms with Gasteiger partial charge in [0.25, 0.3) is 0 Å². The summed E-state index contributed by atoms with van der Waals surface area (Å²) in [7, 11) is 0. The van der Waals surface area contributed by atoms with Crippen LogP contribution < -0.4 is 5.32 Å².